The van der Waals surface area contributed by atoms with Crippen LogP contribution < -0.4 is 0 Å². The lowest BCUT2D eigenvalue weighted by Crippen LogP contribution is -1.95. The summed E-state index contributed by atoms with van der Waals surface area (Å²) in [4.78, 5) is 21.7. The van der Waals surface area contributed by atoms with Crippen LogP contribution >= 0.6 is 0 Å². The van der Waals surface area contributed by atoms with Crippen LogP contribution in [0.5, 0.6) is 0 Å². The van der Waals surface area contributed by atoms with Crippen LogP contribution in [0.25, 0.3) is 0 Å². The Morgan fingerprint density at radius 3 is 2.21 bits per heavy atom. The highest BCUT2D eigenvalue weighted by atomic mass is 16.1. The van der Waals surface area contributed by atoms with Gasteiger partial charge in [0.1, 0.15) is 11.6 Å². The number of hydrogen-bond acceptors (Lipinski definition) is 2. The van der Waals surface area contributed by atoms with E-state index < -0.39 is 0 Å². The predicted molar refractivity (Wildman–Crippen MR) is 58.2 cm³/mol. The fraction of sp³-hybridized carbons (Fsp3) is 0.667. The van der Waals surface area contributed by atoms with Crippen LogP contribution in [0.15, 0.2) is 11.6 Å². The Bertz CT molecular complexity index is 226. The predicted octanol–water partition coefficient (Wildman–Crippen LogP) is 3.06. The Morgan fingerprint density at radius 2 is 1.71 bits per heavy atom. The molecule has 0 aromatic carbocycles. The van der Waals surface area contributed by atoms with Crippen molar-refractivity contribution in [3.8, 4) is 0 Å². The number of ketones is 2. The average molecular weight is 196 g/mol. The monoisotopic (exact) mass is 196 g/mol. The third-order valence-corrected chi connectivity index (χ3v) is 2.18. The highest BCUT2D eigenvalue weighted by molar-refractivity contribution is 5.78. The first kappa shape index (κ1) is 13.1. The van der Waals surface area contributed by atoms with Crippen LogP contribution in [-0.2, 0) is 9.59 Å². The van der Waals surface area contributed by atoms with Gasteiger partial charge in [0.05, 0.1) is 0 Å². The van der Waals surface area contributed by atoms with Crippen molar-refractivity contribution < 1.29 is 9.59 Å². The number of carbonyl (C=O) groups excluding carboxylic acids is 2. The van der Waals surface area contributed by atoms with Gasteiger partial charge in [0, 0.05) is 19.3 Å². The summed E-state index contributed by atoms with van der Waals surface area (Å²) in [6.07, 6.45) is 5.58. The lowest BCUT2D eigenvalue weighted by Gasteiger charge is -1.99. The summed E-state index contributed by atoms with van der Waals surface area (Å²) >= 11 is 0. The summed E-state index contributed by atoms with van der Waals surface area (Å²) < 4.78 is 0. The Kier molecular flexibility index (Phi) is 6.99. The van der Waals surface area contributed by atoms with Crippen LogP contribution in [0, 0.1) is 0 Å². The van der Waals surface area contributed by atoms with Crippen molar-refractivity contribution in [2.24, 2.45) is 0 Å². The first-order chi connectivity index (χ1) is 6.56. The first-order valence-corrected chi connectivity index (χ1v) is 5.23. The van der Waals surface area contributed by atoms with Gasteiger partial charge in [0.15, 0.2) is 0 Å². The van der Waals surface area contributed by atoms with Gasteiger partial charge in [-0.25, -0.2) is 0 Å². The first-order valence-electron chi connectivity index (χ1n) is 5.23. The van der Waals surface area contributed by atoms with Crippen LogP contribution in [0.3, 0.4) is 0 Å². The van der Waals surface area contributed by atoms with Crippen molar-refractivity contribution in [3.63, 3.8) is 0 Å². The number of allylic oxidation sites excluding steroid dienone is 2. The van der Waals surface area contributed by atoms with Gasteiger partial charge >= 0.3 is 0 Å². The molecule has 0 heterocycles. The van der Waals surface area contributed by atoms with E-state index in [0.717, 1.165) is 12.8 Å². The van der Waals surface area contributed by atoms with Gasteiger partial charge in [-0.3, -0.25) is 4.79 Å². The molecular formula is C12H20O2. The number of carbonyl (C=O) groups is 2. The molecule has 2 heteroatoms. The van der Waals surface area contributed by atoms with E-state index in [1.807, 2.05) is 13.8 Å². The zero-order chi connectivity index (χ0) is 11.0. The van der Waals surface area contributed by atoms with E-state index in [1.54, 1.807) is 6.92 Å². The van der Waals surface area contributed by atoms with Crippen molar-refractivity contribution in [2.45, 2.75) is 52.9 Å². The molecule has 0 aliphatic rings. The zero-order valence-corrected chi connectivity index (χ0v) is 9.43. The van der Waals surface area contributed by atoms with Crippen molar-refractivity contribution >= 4 is 11.6 Å². The average Bonchev–Trinajstić information content (AvgIpc) is 2.13. The zero-order valence-electron chi connectivity index (χ0n) is 9.43. The molecule has 0 unspecified atom stereocenters. The lowest BCUT2D eigenvalue weighted by molar-refractivity contribution is -0.119. The second-order valence-electron chi connectivity index (χ2n) is 3.68. The molecule has 0 aromatic heterocycles. The fourth-order valence-electron chi connectivity index (χ4n) is 1.14. The summed E-state index contributed by atoms with van der Waals surface area (Å²) in [7, 11) is 0. The fourth-order valence-corrected chi connectivity index (χ4v) is 1.14. The van der Waals surface area contributed by atoms with Crippen LogP contribution in [0.4, 0.5) is 0 Å². The second-order valence-corrected chi connectivity index (χ2v) is 3.68. The molecule has 0 N–H and O–H groups in total. The number of rotatable bonds is 7. The smallest absolute Gasteiger partial charge is 0.132 e. The summed E-state index contributed by atoms with van der Waals surface area (Å²) in [5.41, 5.74) is 1.22. The van der Waals surface area contributed by atoms with Gasteiger partial charge in [-0.1, -0.05) is 18.6 Å². The van der Waals surface area contributed by atoms with Crippen molar-refractivity contribution in [3.05, 3.63) is 11.6 Å². The molecule has 0 aliphatic carbocycles. The molecule has 0 aliphatic heterocycles. The molecule has 0 spiro atoms. The normalized spacial score (nSPS) is 11.5. The molecule has 0 saturated heterocycles. The maximum absolute atomic E-state index is 11.0. The second kappa shape index (κ2) is 7.48. The van der Waals surface area contributed by atoms with Gasteiger partial charge in [0.2, 0.25) is 0 Å². The molecule has 14 heavy (non-hydrogen) atoms. The summed E-state index contributed by atoms with van der Waals surface area (Å²) in [6.45, 7) is 5.50. The minimum absolute atomic E-state index is 0.221. The molecule has 0 amide bonds. The Balaban J connectivity index is 3.67. The highest BCUT2D eigenvalue weighted by Gasteiger charge is 1.98. The Labute approximate surface area is 86.4 Å². The maximum atomic E-state index is 11.0. The van der Waals surface area contributed by atoms with E-state index in [1.165, 1.54) is 5.57 Å². The number of Topliss-reactive ketones (excluding diaryl/α,β-unsaturated/α-hetero) is 2. The van der Waals surface area contributed by atoms with Gasteiger partial charge in [-0.15, -0.1) is 0 Å². The van der Waals surface area contributed by atoms with Crippen LogP contribution in [0.2, 0.25) is 0 Å². The SMILES string of the molecule is CCC(=O)CCC(C)=CCCC(C)=O. The summed E-state index contributed by atoms with van der Waals surface area (Å²) in [5, 5.41) is 0. The minimum Gasteiger partial charge on any atom is -0.300 e. The maximum Gasteiger partial charge on any atom is 0.132 e. The van der Waals surface area contributed by atoms with Gasteiger partial charge in [-0.2, -0.15) is 0 Å². The van der Waals surface area contributed by atoms with E-state index in [0.29, 0.717) is 25.0 Å². The summed E-state index contributed by atoms with van der Waals surface area (Å²) in [6, 6.07) is 0. The van der Waals surface area contributed by atoms with Crippen LogP contribution in [0.1, 0.15) is 52.9 Å². The molecule has 0 fully saturated rings. The van der Waals surface area contributed by atoms with E-state index >= 15 is 0 Å². The van der Waals surface area contributed by atoms with Crippen molar-refractivity contribution in [2.75, 3.05) is 0 Å². The molecule has 80 valence electrons. The largest absolute Gasteiger partial charge is 0.300 e. The van der Waals surface area contributed by atoms with E-state index in [-0.39, 0.29) is 5.78 Å². The molecule has 0 rings (SSSR count). The standard InChI is InChI=1S/C12H20O2/c1-4-12(14)9-8-10(2)6-5-7-11(3)13/h6H,4-5,7-9H2,1-3H3. The van der Waals surface area contributed by atoms with Gasteiger partial charge in [0.25, 0.3) is 0 Å². The van der Waals surface area contributed by atoms with E-state index in [4.69, 9.17) is 0 Å². The topological polar surface area (TPSA) is 34.1 Å². The third kappa shape index (κ3) is 7.71. The number of hydrogen-bond donors (Lipinski definition) is 0. The lowest BCUT2D eigenvalue weighted by atomic mass is 10.1. The van der Waals surface area contributed by atoms with Gasteiger partial charge in [-0.05, 0) is 26.7 Å². The molecule has 0 saturated carbocycles. The van der Waals surface area contributed by atoms with Gasteiger partial charge < -0.3 is 4.79 Å². The Morgan fingerprint density at radius 1 is 1.07 bits per heavy atom. The van der Waals surface area contributed by atoms with Crippen molar-refractivity contribution in [1.82, 2.24) is 0 Å². The molecule has 0 atom stereocenters. The third-order valence-electron chi connectivity index (χ3n) is 2.18. The molecule has 0 bridgehead atoms. The minimum atomic E-state index is 0.221. The van der Waals surface area contributed by atoms with E-state index in [2.05, 4.69) is 6.08 Å². The van der Waals surface area contributed by atoms with Crippen molar-refractivity contribution in [1.29, 1.82) is 0 Å². The summed E-state index contributed by atoms with van der Waals surface area (Å²) in [5.74, 6) is 0.531. The van der Waals surface area contributed by atoms with Crippen LogP contribution in [-0.4, -0.2) is 11.6 Å². The van der Waals surface area contributed by atoms with E-state index in [9.17, 15) is 9.59 Å². The molecule has 0 radical (unpaired) electrons. The molecular weight excluding hydrogens is 176 g/mol. The Hall–Kier alpha value is -0.920. The quantitative estimate of drug-likeness (QED) is 0.586. The molecule has 2 nitrogen and oxygen atoms in total. The highest BCUT2D eigenvalue weighted by Crippen LogP contribution is 2.07. The molecule has 0 aromatic rings.